The SMILES string of the molecule is N#Cc1cc(F)c2[nH]c(=O)c3cc(C[C@@H](C#N)NC(=O)[C@H]4C[C@@H]5CC[C@H]4C5)c(F)cc3c2c1. The van der Waals surface area contributed by atoms with E-state index in [9.17, 15) is 19.2 Å². The van der Waals surface area contributed by atoms with Gasteiger partial charge in [0.1, 0.15) is 17.7 Å². The molecule has 5 rings (SSSR count). The van der Waals surface area contributed by atoms with E-state index in [1.54, 1.807) is 0 Å². The topological polar surface area (TPSA) is 110 Å². The van der Waals surface area contributed by atoms with Gasteiger partial charge in [-0.1, -0.05) is 6.42 Å². The fourth-order valence-corrected chi connectivity index (χ4v) is 5.57. The third-order valence-electron chi connectivity index (χ3n) is 7.15. The van der Waals surface area contributed by atoms with Crippen LogP contribution in [-0.2, 0) is 11.2 Å². The zero-order chi connectivity index (χ0) is 23.3. The van der Waals surface area contributed by atoms with Crippen LogP contribution >= 0.6 is 0 Å². The summed E-state index contributed by atoms with van der Waals surface area (Å²) in [5.41, 5.74) is -0.566. The van der Waals surface area contributed by atoms with E-state index in [0.717, 1.165) is 37.8 Å². The van der Waals surface area contributed by atoms with Crippen molar-refractivity contribution in [3.8, 4) is 12.1 Å². The van der Waals surface area contributed by atoms with Gasteiger partial charge in [0.2, 0.25) is 5.91 Å². The molecule has 0 radical (unpaired) electrons. The Labute approximate surface area is 187 Å². The van der Waals surface area contributed by atoms with Gasteiger partial charge in [-0.2, -0.15) is 10.5 Å². The van der Waals surface area contributed by atoms with E-state index in [1.807, 2.05) is 12.1 Å². The lowest BCUT2D eigenvalue weighted by Crippen LogP contribution is -2.41. The molecule has 8 heteroatoms. The molecule has 1 aromatic heterocycles. The highest BCUT2D eigenvalue weighted by Gasteiger charge is 2.43. The Morgan fingerprint density at radius 1 is 1.09 bits per heavy atom. The fourth-order valence-electron chi connectivity index (χ4n) is 5.57. The van der Waals surface area contributed by atoms with Crippen molar-refractivity contribution in [3.63, 3.8) is 0 Å². The van der Waals surface area contributed by atoms with E-state index < -0.39 is 23.2 Å². The molecular weight excluding hydrogens is 426 g/mol. The first-order valence-electron chi connectivity index (χ1n) is 11.0. The number of halogens is 2. The van der Waals surface area contributed by atoms with E-state index in [0.29, 0.717) is 11.8 Å². The molecule has 2 saturated carbocycles. The van der Waals surface area contributed by atoms with Crippen LogP contribution in [0, 0.1) is 52.1 Å². The number of rotatable bonds is 4. The molecule has 2 aliphatic carbocycles. The number of nitrogens with one attached hydrogen (secondary N) is 2. The van der Waals surface area contributed by atoms with Crippen LogP contribution < -0.4 is 10.9 Å². The van der Waals surface area contributed by atoms with Crippen LogP contribution in [0.15, 0.2) is 29.1 Å². The monoisotopic (exact) mass is 446 g/mol. The lowest BCUT2D eigenvalue weighted by molar-refractivity contribution is -0.126. The predicted octanol–water partition coefficient (Wildman–Crippen LogP) is 3.82. The Kier molecular flexibility index (Phi) is 5.09. The van der Waals surface area contributed by atoms with Crippen molar-refractivity contribution in [3.05, 3.63) is 57.4 Å². The van der Waals surface area contributed by atoms with Crippen LogP contribution in [0.1, 0.15) is 36.8 Å². The van der Waals surface area contributed by atoms with Crippen LogP contribution in [0.25, 0.3) is 21.7 Å². The summed E-state index contributed by atoms with van der Waals surface area (Å²) >= 11 is 0. The highest BCUT2D eigenvalue weighted by atomic mass is 19.1. The number of H-pyrrole nitrogens is 1. The van der Waals surface area contributed by atoms with Gasteiger partial charge in [-0.3, -0.25) is 9.59 Å². The number of hydrogen-bond acceptors (Lipinski definition) is 4. The summed E-state index contributed by atoms with van der Waals surface area (Å²) in [6, 6.07) is 7.77. The van der Waals surface area contributed by atoms with Crippen LogP contribution in [0.5, 0.6) is 0 Å². The average Bonchev–Trinajstić information content (AvgIpc) is 3.44. The first-order chi connectivity index (χ1) is 15.9. The highest BCUT2D eigenvalue weighted by Crippen LogP contribution is 2.48. The molecule has 3 aromatic rings. The fraction of sp³-hybridized carbons (Fsp3) is 0.360. The van der Waals surface area contributed by atoms with Crippen molar-refractivity contribution in [1.29, 1.82) is 10.5 Å². The largest absolute Gasteiger partial charge is 0.340 e. The van der Waals surface area contributed by atoms with Gasteiger partial charge in [0.15, 0.2) is 0 Å². The zero-order valence-electron chi connectivity index (χ0n) is 17.6. The first kappa shape index (κ1) is 21.1. The summed E-state index contributed by atoms with van der Waals surface area (Å²) in [5.74, 6) is -0.779. The third kappa shape index (κ3) is 3.62. The van der Waals surface area contributed by atoms with E-state index in [-0.39, 0.29) is 51.0 Å². The van der Waals surface area contributed by atoms with E-state index in [4.69, 9.17) is 5.26 Å². The van der Waals surface area contributed by atoms with Crippen molar-refractivity contribution in [2.75, 3.05) is 0 Å². The number of hydrogen-bond donors (Lipinski definition) is 2. The molecule has 0 aliphatic heterocycles. The molecule has 1 heterocycles. The number of nitriles is 2. The minimum atomic E-state index is -0.939. The Bertz CT molecular complexity index is 1450. The molecule has 2 aliphatic rings. The zero-order valence-corrected chi connectivity index (χ0v) is 17.6. The number of benzene rings is 2. The lowest BCUT2D eigenvalue weighted by atomic mass is 9.88. The smallest absolute Gasteiger partial charge is 0.256 e. The van der Waals surface area contributed by atoms with E-state index in [2.05, 4.69) is 10.3 Å². The normalized spacial score (nSPS) is 22.2. The Morgan fingerprint density at radius 3 is 2.58 bits per heavy atom. The summed E-state index contributed by atoms with van der Waals surface area (Å²) < 4.78 is 29.4. The summed E-state index contributed by atoms with van der Waals surface area (Å²) in [5, 5.41) is 22.0. The van der Waals surface area contributed by atoms with Crippen molar-refractivity contribution < 1.29 is 13.6 Å². The van der Waals surface area contributed by atoms with Gasteiger partial charge < -0.3 is 10.3 Å². The van der Waals surface area contributed by atoms with E-state index in [1.165, 1.54) is 12.1 Å². The maximum absolute atomic E-state index is 15.0. The van der Waals surface area contributed by atoms with Gasteiger partial charge in [0.05, 0.1) is 23.2 Å². The summed E-state index contributed by atoms with van der Waals surface area (Å²) in [6.45, 7) is 0. The molecule has 2 N–H and O–H groups in total. The summed E-state index contributed by atoms with van der Waals surface area (Å²) in [7, 11) is 0. The highest BCUT2D eigenvalue weighted by molar-refractivity contribution is 6.06. The van der Waals surface area contributed by atoms with Gasteiger partial charge in [-0.15, -0.1) is 0 Å². The predicted molar refractivity (Wildman–Crippen MR) is 117 cm³/mol. The lowest BCUT2D eigenvalue weighted by Gasteiger charge is -2.22. The number of carbonyl (C=O) groups excluding carboxylic acids is 1. The second-order valence-electron chi connectivity index (χ2n) is 9.11. The van der Waals surface area contributed by atoms with Gasteiger partial charge in [0.25, 0.3) is 5.56 Å². The second-order valence-corrected chi connectivity index (χ2v) is 9.11. The van der Waals surface area contributed by atoms with E-state index >= 15 is 4.39 Å². The first-order valence-corrected chi connectivity index (χ1v) is 11.0. The molecule has 2 fully saturated rings. The average molecular weight is 446 g/mol. The number of carbonyl (C=O) groups is 1. The van der Waals surface area contributed by atoms with Gasteiger partial charge in [-0.05, 0) is 66.3 Å². The minimum absolute atomic E-state index is 0.0469. The molecule has 0 saturated heterocycles. The summed E-state index contributed by atoms with van der Waals surface area (Å²) in [4.78, 5) is 27.8. The minimum Gasteiger partial charge on any atom is -0.340 e. The molecule has 1 amide bonds. The molecule has 2 bridgehead atoms. The number of aromatic amines is 1. The number of pyridine rings is 1. The molecule has 0 unspecified atom stereocenters. The molecule has 4 atom stereocenters. The standard InChI is InChI=1S/C25H20F2N4O2/c26-21-9-18-19-5-13(10-28)6-22(27)23(19)31-25(33)20(18)8-15(21)7-16(11-29)30-24(32)17-4-12-1-2-14(17)3-12/h5-6,8-9,12,14,16-17H,1-4,7H2,(H,30,32)(H,31,33)/t12-,14+,16+,17+/m1/s1. The Balaban J connectivity index is 1.47. The van der Waals surface area contributed by atoms with Crippen molar-refractivity contribution in [2.24, 2.45) is 17.8 Å². The maximum atomic E-state index is 15.0. The maximum Gasteiger partial charge on any atom is 0.256 e. The van der Waals surface area contributed by atoms with Crippen LogP contribution in [0.4, 0.5) is 8.78 Å². The molecule has 6 nitrogen and oxygen atoms in total. The van der Waals surface area contributed by atoms with Crippen LogP contribution in [-0.4, -0.2) is 16.9 Å². The second kappa shape index (κ2) is 7.97. The molecule has 33 heavy (non-hydrogen) atoms. The van der Waals surface area contributed by atoms with Gasteiger partial charge >= 0.3 is 0 Å². The van der Waals surface area contributed by atoms with Crippen molar-refractivity contribution in [1.82, 2.24) is 10.3 Å². The molecule has 2 aromatic carbocycles. The molecule has 0 spiro atoms. The van der Waals surface area contributed by atoms with Gasteiger partial charge in [-0.25, -0.2) is 8.78 Å². The van der Waals surface area contributed by atoms with Gasteiger partial charge in [0, 0.05) is 23.1 Å². The third-order valence-corrected chi connectivity index (χ3v) is 7.15. The number of nitrogens with zero attached hydrogens (tertiary/aromatic N) is 2. The number of fused-ring (bicyclic) bond motifs is 5. The Morgan fingerprint density at radius 2 is 1.91 bits per heavy atom. The van der Waals surface area contributed by atoms with Crippen molar-refractivity contribution in [2.45, 2.75) is 38.1 Å². The Hall–Kier alpha value is -3.78. The number of aromatic nitrogens is 1. The quantitative estimate of drug-likeness (QED) is 0.594. The van der Waals surface area contributed by atoms with Crippen molar-refractivity contribution >= 4 is 27.6 Å². The molecule has 166 valence electrons. The van der Waals surface area contributed by atoms with Crippen LogP contribution in [0.3, 0.4) is 0 Å². The number of amides is 1. The summed E-state index contributed by atoms with van der Waals surface area (Å²) in [6.07, 6.45) is 3.97. The molecular formula is C25H20F2N4O2. The van der Waals surface area contributed by atoms with Crippen LogP contribution in [0.2, 0.25) is 0 Å².